The van der Waals surface area contributed by atoms with Gasteiger partial charge in [0.2, 0.25) is 0 Å². The van der Waals surface area contributed by atoms with E-state index < -0.39 is 0 Å². The molecule has 1 amide bonds. The van der Waals surface area contributed by atoms with Crippen molar-refractivity contribution in [2.24, 2.45) is 5.41 Å². The maximum Gasteiger partial charge on any atom is 0.274 e. The van der Waals surface area contributed by atoms with Crippen LogP contribution in [0.1, 0.15) is 54.7 Å². The molecule has 2 saturated heterocycles. The average molecular weight is 403 g/mol. The van der Waals surface area contributed by atoms with Crippen LogP contribution in [-0.2, 0) is 6.42 Å². The molecule has 0 radical (unpaired) electrons. The van der Waals surface area contributed by atoms with Crippen molar-refractivity contribution in [1.82, 2.24) is 20.0 Å². The number of amides is 1. The van der Waals surface area contributed by atoms with Crippen LogP contribution in [0.5, 0.6) is 0 Å². The summed E-state index contributed by atoms with van der Waals surface area (Å²) in [5.74, 6) is 0.0842. The molecule has 6 heteroatoms. The van der Waals surface area contributed by atoms with Crippen LogP contribution in [0.4, 0.5) is 0 Å². The lowest BCUT2D eigenvalue weighted by molar-refractivity contribution is 0.0766. The summed E-state index contributed by atoms with van der Waals surface area (Å²) in [5.41, 5.74) is 2.16. The molecule has 2 aliphatic heterocycles. The van der Waals surface area contributed by atoms with Crippen molar-refractivity contribution in [3.05, 3.63) is 53.9 Å². The van der Waals surface area contributed by atoms with Gasteiger partial charge in [-0.2, -0.15) is 5.10 Å². The first-order valence-electron chi connectivity index (χ1n) is 10.2. The van der Waals surface area contributed by atoms with E-state index in [-0.39, 0.29) is 23.7 Å². The van der Waals surface area contributed by atoms with Gasteiger partial charge in [0.1, 0.15) is 5.69 Å². The van der Waals surface area contributed by atoms with Gasteiger partial charge < -0.3 is 10.2 Å². The fraction of sp³-hybridized carbons (Fsp3) is 0.545. The number of carbonyl (C=O) groups is 1. The Morgan fingerprint density at radius 3 is 2.86 bits per heavy atom. The first kappa shape index (κ1) is 20.9. The molecule has 1 N–H and O–H groups in total. The Labute approximate surface area is 173 Å². The number of hydrogen-bond acceptors (Lipinski definition) is 3. The number of benzene rings is 1. The Morgan fingerprint density at radius 2 is 2.11 bits per heavy atom. The largest absolute Gasteiger partial charge is 0.337 e. The fourth-order valence-electron chi connectivity index (χ4n) is 4.37. The number of rotatable bonds is 5. The van der Waals surface area contributed by atoms with E-state index in [9.17, 15) is 4.79 Å². The molecule has 0 aliphatic carbocycles. The quantitative estimate of drug-likeness (QED) is 0.829. The number of aryl methyl sites for hydroxylation is 1. The summed E-state index contributed by atoms with van der Waals surface area (Å²) in [4.78, 5) is 14.9. The molecule has 2 aliphatic rings. The van der Waals surface area contributed by atoms with Gasteiger partial charge in [-0.1, -0.05) is 37.3 Å². The van der Waals surface area contributed by atoms with E-state index in [1.807, 2.05) is 21.8 Å². The van der Waals surface area contributed by atoms with Gasteiger partial charge in [0.05, 0.1) is 6.04 Å². The average Bonchev–Trinajstić information content (AvgIpc) is 3.35. The van der Waals surface area contributed by atoms with Gasteiger partial charge in [-0.3, -0.25) is 9.48 Å². The Kier molecular flexibility index (Phi) is 6.78. The van der Waals surface area contributed by atoms with Crippen LogP contribution in [0.2, 0.25) is 0 Å². The van der Waals surface area contributed by atoms with Crippen molar-refractivity contribution < 1.29 is 4.79 Å². The highest BCUT2D eigenvalue weighted by Gasteiger charge is 2.36. The van der Waals surface area contributed by atoms with Crippen molar-refractivity contribution in [3.63, 3.8) is 0 Å². The summed E-state index contributed by atoms with van der Waals surface area (Å²) in [7, 11) is 0. The summed E-state index contributed by atoms with van der Waals surface area (Å²) < 4.78 is 1.98. The molecule has 0 saturated carbocycles. The molecule has 2 aromatic rings. The molecular formula is C22H31ClN4O. The smallest absolute Gasteiger partial charge is 0.274 e. The Morgan fingerprint density at radius 1 is 1.29 bits per heavy atom. The number of piperidine rings is 1. The zero-order valence-corrected chi connectivity index (χ0v) is 17.5. The number of halogens is 1. The van der Waals surface area contributed by atoms with Crippen molar-refractivity contribution in [3.8, 4) is 0 Å². The fourth-order valence-corrected chi connectivity index (χ4v) is 4.37. The molecule has 5 nitrogen and oxygen atoms in total. The maximum absolute atomic E-state index is 12.9. The van der Waals surface area contributed by atoms with Gasteiger partial charge in [0.15, 0.2) is 0 Å². The lowest BCUT2D eigenvalue weighted by Crippen LogP contribution is -2.33. The molecular weight excluding hydrogens is 372 g/mol. The second-order valence-electron chi connectivity index (χ2n) is 8.45. The summed E-state index contributed by atoms with van der Waals surface area (Å²) in [6, 6.07) is 12.9. The third-order valence-corrected chi connectivity index (χ3v) is 6.18. The van der Waals surface area contributed by atoms with Gasteiger partial charge in [-0.25, -0.2) is 0 Å². The van der Waals surface area contributed by atoms with E-state index in [2.05, 4.69) is 47.7 Å². The van der Waals surface area contributed by atoms with Crippen LogP contribution < -0.4 is 5.32 Å². The number of nitrogens with zero attached hydrogens (tertiary/aromatic N) is 3. The van der Waals surface area contributed by atoms with Gasteiger partial charge in [-0.05, 0) is 55.7 Å². The molecule has 1 aromatic carbocycles. The minimum Gasteiger partial charge on any atom is -0.337 e. The zero-order valence-electron chi connectivity index (χ0n) is 16.6. The van der Waals surface area contributed by atoms with E-state index in [4.69, 9.17) is 0 Å². The van der Waals surface area contributed by atoms with E-state index in [0.29, 0.717) is 11.7 Å². The Balaban J connectivity index is 0.00000225. The molecule has 28 heavy (non-hydrogen) atoms. The highest BCUT2D eigenvalue weighted by molar-refractivity contribution is 5.92. The minimum atomic E-state index is 0. The van der Waals surface area contributed by atoms with Crippen LogP contribution in [0.3, 0.4) is 0 Å². The summed E-state index contributed by atoms with van der Waals surface area (Å²) in [5, 5.41) is 8.01. The molecule has 3 heterocycles. The zero-order chi connectivity index (χ0) is 18.7. The van der Waals surface area contributed by atoms with E-state index >= 15 is 0 Å². The lowest BCUT2D eigenvalue weighted by atomic mass is 9.83. The standard InChI is InChI=1S/C22H30N4O.ClH/c1-22(11-9-18-6-3-2-4-7-18)12-15-25(17-22)21(27)20-10-14-26(24-20)19-8-5-13-23-16-19;/h2-4,6-7,10,14,19,23H,5,8-9,11-13,15-17H2,1H3;1H. The van der Waals surface area contributed by atoms with Gasteiger partial charge >= 0.3 is 0 Å². The van der Waals surface area contributed by atoms with E-state index in [0.717, 1.165) is 51.9 Å². The predicted molar refractivity (Wildman–Crippen MR) is 114 cm³/mol. The normalized spacial score (nSPS) is 24.8. The van der Waals surface area contributed by atoms with Gasteiger partial charge in [0, 0.05) is 25.8 Å². The molecule has 0 bridgehead atoms. The highest BCUT2D eigenvalue weighted by Crippen LogP contribution is 2.35. The van der Waals surface area contributed by atoms with Crippen LogP contribution in [0, 0.1) is 5.41 Å². The lowest BCUT2D eigenvalue weighted by Gasteiger charge is -2.24. The number of aromatic nitrogens is 2. The van der Waals surface area contributed by atoms with E-state index in [1.54, 1.807) is 0 Å². The molecule has 152 valence electrons. The summed E-state index contributed by atoms with van der Waals surface area (Å²) in [6.45, 7) is 6.00. The molecule has 1 aromatic heterocycles. The molecule has 2 unspecified atom stereocenters. The van der Waals surface area contributed by atoms with Crippen LogP contribution >= 0.6 is 12.4 Å². The monoisotopic (exact) mass is 402 g/mol. The summed E-state index contributed by atoms with van der Waals surface area (Å²) in [6.07, 6.45) is 7.52. The van der Waals surface area contributed by atoms with Crippen molar-refractivity contribution >= 4 is 18.3 Å². The minimum absolute atomic E-state index is 0. The van der Waals surface area contributed by atoms with Gasteiger partial charge in [-0.15, -0.1) is 12.4 Å². The predicted octanol–water partition coefficient (Wildman–Crippen LogP) is 3.71. The first-order valence-corrected chi connectivity index (χ1v) is 10.2. The molecule has 4 rings (SSSR count). The topological polar surface area (TPSA) is 50.2 Å². The SMILES string of the molecule is CC1(CCc2ccccc2)CCN(C(=O)c2ccn(C3CCCNC3)n2)C1.Cl. The second kappa shape index (κ2) is 9.10. The van der Waals surface area contributed by atoms with Crippen LogP contribution in [0.15, 0.2) is 42.6 Å². The third-order valence-electron chi connectivity index (χ3n) is 6.18. The molecule has 0 spiro atoms. The Hall–Kier alpha value is -1.85. The number of hydrogen-bond donors (Lipinski definition) is 1. The van der Waals surface area contributed by atoms with Crippen LogP contribution in [-0.4, -0.2) is 46.8 Å². The molecule has 2 atom stereocenters. The second-order valence-corrected chi connectivity index (χ2v) is 8.45. The number of nitrogens with one attached hydrogen (secondary N) is 1. The summed E-state index contributed by atoms with van der Waals surface area (Å²) >= 11 is 0. The van der Waals surface area contributed by atoms with Crippen molar-refractivity contribution in [2.45, 2.75) is 45.1 Å². The molecule has 2 fully saturated rings. The van der Waals surface area contributed by atoms with Crippen molar-refractivity contribution in [1.29, 1.82) is 0 Å². The third kappa shape index (κ3) is 4.76. The Bertz CT molecular complexity index is 772. The number of likely N-dealkylation sites (tertiary alicyclic amines) is 1. The highest BCUT2D eigenvalue weighted by atomic mass is 35.5. The number of carbonyl (C=O) groups excluding carboxylic acids is 1. The van der Waals surface area contributed by atoms with Crippen molar-refractivity contribution in [2.75, 3.05) is 26.2 Å². The maximum atomic E-state index is 12.9. The first-order chi connectivity index (χ1) is 13.1. The van der Waals surface area contributed by atoms with Gasteiger partial charge in [0.25, 0.3) is 5.91 Å². The van der Waals surface area contributed by atoms with E-state index in [1.165, 1.54) is 12.0 Å². The van der Waals surface area contributed by atoms with Crippen LogP contribution in [0.25, 0.3) is 0 Å².